The van der Waals surface area contributed by atoms with Crippen molar-refractivity contribution in [2.45, 2.75) is 54.4 Å². The molecule has 12 heavy (non-hydrogen) atoms. The molecule has 0 radical (unpaired) electrons. The van der Waals surface area contributed by atoms with Crippen LogP contribution in [-0.4, -0.2) is 0 Å². The SMILES string of the molecule is C.C.CCC1CC(CC)C2CC12. The molecule has 0 saturated heterocycles. The highest BCUT2D eigenvalue weighted by Crippen LogP contribution is 2.60. The quantitative estimate of drug-likeness (QED) is 0.578. The molecule has 0 aromatic heterocycles. The molecule has 2 aliphatic rings. The maximum absolute atomic E-state index is 2.36. The van der Waals surface area contributed by atoms with Crippen LogP contribution in [0.3, 0.4) is 0 Å². The van der Waals surface area contributed by atoms with Gasteiger partial charge in [-0.2, -0.15) is 0 Å². The monoisotopic (exact) mass is 170 g/mol. The van der Waals surface area contributed by atoms with Crippen molar-refractivity contribution in [1.29, 1.82) is 0 Å². The first-order chi connectivity index (χ1) is 4.86. The molecular formula is C12H26. The summed E-state index contributed by atoms with van der Waals surface area (Å²) in [6.45, 7) is 4.72. The van der Waals surface area contributed by atoms with Gasteiger partial charge in [0.05, 0.1) is 0 Å². The molecule has 0 amide bonds. The summed E-state index contributed by atoms with van der Waals surface area (Å²) in [5.74, 6) is 4.59. The summed E-state index contributed by atoms with van der Waals surface area (Å²) in [4.78, 5) is 0. The van der Waals surface area contributed by atoms with E-state index in [4.69, 9.17) is 0 Å². The zero-order chi connectivity index (χ0) is 7.14. The Hall–Kier alpha value is 0. The standard InChI is InChI=1S/C10H18.2CH4/c1-3-7-5-8(4-2)10-6-9(7)10;;/h7-10H,3-6H2,1-2H3;2*1H4. The zero-order valence-corrected chi connectivity index (χ0v) is 7.14. The Bertz CT molecular complexity index is 114. The lowest BCUT2D eigenvalue weighted by Gasteiger charge is -2.11. The second-order valence-corrected chi connectivity index (χ2v) is 4.14. The van der Waals surface area contributed by atoms with Crippen LogP contribution in [0.1, 0.15) is 54.4 Å². The van der Waals surface area contributed by atoms with Gasteiger partial charge in [-0.3, -0.25) is 0 Å². The minimum absolute atomic E-state index is 0. The smallest absolute Gasteiger partial charge is 0.0352 e. The highest BCUT2D eigenvalue weighted by atomic mass is 14.6. The molecule has 4 unspecified atom stereocenters. The molecule has 0 N–H and O–H groups in total. The van der Waals surface area contributed by atoms with Crippen LogP contribution < -0.4 is 0 Å². The van der Waals surface area contributed by atoms with Crippen LogP contribution in [-0.2, 0) is 0 Å². The van der Waals surface area contributed by atoms with Crippen molar-refractivity contribution in [2.24, 2.45) is 23.7 Å². The first-order valence-corrected chi connectivity index (χ1v) is 4.86. The van der Waals surface area contributed by atoms with E-state index >= 15 is 0 Å². The number of rotatable bonds is 2. The molecule has 4 atom stereocenters. The molecule has 2 saturated carbocycles. The van der Waals surface area contributed by atoms with Gasteiger partial charge >= 0.3 is 0 Å². The normalized spacial score (nSPS) is 42.5. The summed E-state index contributed by atoms with van der Waals surface area (Å²) in [5.41, 5.74) is 0. The maximum atomic E-state index is 2.36. The van der Waals surface area contributed by atoms with Crippen LogP contribution in [0, 0.1) is 23.7 Å². The lowest BCUT2D eigenvalue weighted by atomic mass is 9.94. The van der Waals surface area contributed by atoms with E-state index in [1.165, 1.54) is 24.7 Å². The first-order valence-electron chi connectivity index (χ1n) is 4.86. The van der Waals surface area contributed by atoms with Crippen LogP contribution in [0.4, 0.5) is 0 Å². The van der Waals surface area contributed by atoms with Crippen molar-refractivity contribution < 1.29 is 0 Å². The molecule has 74 valence electrons. The molecule has 2 fully saturated rings. The van der Waals surface area contributed by atoms with Crippen LogP contribution in [0.25, 0.3) is 0 Å². The predicted molar refractivity (Wildman–Crippen MR) is 57.2 cm³/mol. The maximum Gasteiger partial charge on any atom is -0.0352 e. The van der Waals surface area contributed by atoms with Crippen LogP contribution in [0.5, 0.6) is 0 Å². The summed E-state index contributed by atoms with van der Waals surface area (Å²) >= 11 is 0. The topological polar surface area (TPSA) is 0 Å². The summed E-state index contributed by atoms with van der Waals surface area (Å²) < 4.78 is 0. The van der Waals surface area contributed by atoms with Gasteiger partial charge in [0, 0.05) is 0 Å². The van der Waals surface area contributed by atoms with E-state index in [1.54, 1.807) is 12.8 Å². The number of hydrogen-bond donors (Lipinski definition) is 0. The number of fused-ring (bicyclic) bond motifs is 1. The molecule has 0 heterocycles. The third-order valence-electron chi connectivity index (χ3n) is 3.76. The first kappa shape index (κ1) is 12.0. The molecule has 0 aromatic carbocycles. The average molecular weight is 170 g/mol. The van der Waals surface area contributed by atoms with Crippen LogP contribution >= 0.6 is 0 Å². The van der Waals surface area contributed by atoms with Crippen molar-refractivity contribution in [1.82, 2.24) is 0 Å². The van der Waals surface area contributed by atoms with Gasteiger partial charge in [0.25, 0.3) is 0 Å². The molecule has 0 aromatic rings. The van der Waals surface area contributed by atoms with Crippen LogP contribution in [0.15, 0.2) is 0 Å². The number of hydrogen-bond acceptors (Lipinski definition) is 0. The largest absolute Gasteiger partial charge is 0.0776 e. The Labute approximate surface area is 78.8 Å². The Balaban J connectivity index is 0.000000605. The van der Waals surface area contributed by atoms with Crippen molar-refractivity contribution in [3.05, 3.63) is 0 Å². The fourth-order valence-electron chi connectivity index (χ4n) is 3.00. The summed E-state index contributed by atoms with van der Waals surface area (Å²) in [5, 5.41) is 0. The van der Waals surface area contributed by atoms with Crippen molar-refractivity contribution in [3.63, 3.8) is 0 Å². The minimum Gasteiger partial charge on any atom is -0.0776 e. The van der Waals surface area contributed by atoms with E-state index in [1.807, 2.05) is 0 Å². The van der Waals surface area contributed by atoms with Crippen molar-refractivity contribution >= 4 is 0 Å². The Morgan fingerprint density at radius 2 is 1.25 bits per heavy atom. The van der Waals surface area contributed by atoms with Gasteiger partial charge in [0.15, 0.2) is 0 Å². The molecule has 0 aliphatic heterocycles. The lowest BCUT2D eigenvalue weighted by molar-refractivity contribution is 0.395. The van der Waals surface area contributed by atoms with E-state index in [-0.39, 0.29) is 14.9 Å². The minimum atomic E-state index is 0. The van der Waals surface area contributed by atoms with Crippen molar-refractivity contribution in [3.8, 4) is 0 Å². The fraction of sp³-hybridized carbons (Fsp3) is 1.00. The molecule has 0 nitrogen and oxygen atoms in total. The highest BCUT2D eigenvalue weighted by molar-refractivity contribution is 5.01. The van der Waals surface area contributed by atoms with E-state index < -0.39 is 0 Å². The Kier molecular flexibility index (Phi) is 4.30. The van der Waals surface area contributed by atoms with Crippen molar-refractivity contribution in [2.75, 3.05) is 0 Å². The molecule has 2 rings (SSSR count). The van der Waals surface area contributed by atoms with E-state index in [0.29, 0.717) is 0 Å². The molecular weight excluding hydrogens is 144 g/mol. The van der Waals surface area contributed by atoms with E-state index in [0.717, 1.165) is 11.8 Å². The van der Waals surface area contributed by atoms with Gasteiger partial charge < -0.3 is 0 Å². The van der Waals surface area contributed by atoms with Gasteiger partial charge in [0.2, 0.25) is 0 Å². The predicted octanol–water partition coefficient (Wildman–Crippen LogP) is 4.35. The van der Waals surface area contributed by atoms with E-state index in [2.05, 4.69) is 13.8 Å². The van der Waals surface area contributed by atoms with Gasteiger partial charge in [-0.25, -0.2) is 0 Å². The Morgan fingerprint density at radius 3 is 1.50 bits per heavy atom. The molecule has 2 aliphatic carbocycles. The second kappa shape index (κ2) is 4.30. The third-order valence-corrected chi connectivity index (χ3v) is 3.76. The van der Waals surface area contributed by atoms with Gasteiger partial charge in [0.1, 0.15) is 0 Å². The van der Waals surface area contributed by atoms with Gasteiger partial charge in [-0.1, -0.05) is 41.5 Å². The molecule has 0 heteroatoms. The Morgan fingerprint density at radius 1 is 0.833 bits per heavy atom. The van der Waals surface area contributed by atoms with E-state index in [9.17, 15) is 0 Å². The van der Waals surface area contributed by atoms with Gasteiger partial charge in [-0.05, 0) is 36.5 Å². The highest BCUT2D eigenvalue weighted by Gasteiger charge is 2.52. The second-order valence-electron chi connectivity index (χ2n) is 4.14. The van der Waals surface area contributed by atoms with Gasteiger partial charge in [-0.15, -0.1) is 0 Å². The summed E-state index contributed by atoms with van der Waals surface area (Å²) in [6, 6.07) is 0. The zero-order valence-electron chi connectivity index (χ0n) is 7.14. The summed E-state index contributed by atoms with van der Waals surface area (Å²) in [7, 11) is 0. The molecule has 0 spiro atoms. The fourth-order valence-corrected chi connectivity index (χ4v) is 3.00. The molecule has 0 bridgehead atoms. The van der Waals surface area contributed by atoms with Crippen LogP contribution in [0.2, 0.25) is 0 Å². The average Bonchev–Trinajstić information content (AvgIpc) is 2.67. The summed E-state index contributed by atoms with van der Waals surface area (Å²) in [6.07, 6.45) is 6.02. The lowest BCUT2D eigenvalue weighted by Crippen LogP contribution is -2.00. The third kappa shape index (κ3) is 1.67.